The van der Waals surface area contributed by atoms with Crippen LogP contribution in [0.25, 0.3) is 0 Å². The molecule has 0 aliphatic carbocycles. The van der Waals surface area contributed by atoms with Crippen molar-refractivity contribution in [3.63, 3.8) is 0 Å². The van der Waals surface area contributed by atoms with Gasteiger partial charge in [0.25, 0.3) is 0 Å². The Kier molecular flexibility index (Phi) is 4.53. The summed E-state index contributed by atoms with van der Waals surface area (Å²) in [6.07, 6.45) is 0. The SMILES string of the molecule is CC(C)C(=O)CSc1nnc(N(C)C)s1. The molecule has 0 unspecified atom stereocenters. The highest BCUT2D eigenvalue weighted by Gasteiger charge is 2.11. The number of Topliss-reactive ketones (excluding diaryl/α,β-unsaturated/α-hetero) is 1. The summed E-state index contributed by atoms with van der Waals surface area (Å²) in [6, 6.07) is 0. The normalized spacial score (nSPS) is 10.7. The molecule has 0 N–H and O–H groups in total. The summed E-state index contributed by atoms with van der Waals surface area (Å²) < 4.78 is 0.854. The maximum Gasteiger partial charge on any atom is 0.208 e. The van der Waals surface area contributed by atoms with Crippen molar-refractivity contribution >= 4 is 34.0 Å². The molecule has 4 nitrogen and oxygen atoms in total. The van der Waals surface area contributed by atoms with Crippen molar-refractivity contribution in [2.75, 3.05) is 24.7 Å². The van der Waals surface area contributed by atoms with E-state index in [0.717, 1.165) is 9.47 Å². The molecule has 0 amide bonds. The minimum absolute atomic E-state index is 0.0961. The third-order valence-corrected chi connectivity index (χ3v) is 4.01. The minimum atomic E-state index is 0.0961. The first-order chi connectivity index (χ1) is 7.00. The van der Waals surface area contributed by atoms with Gasteiger partial charge in [0.15, 0.2) is 4.34 Å². The van der Waals surface area contributed by atoms with E-state index < -0.39 is 0 Å². The minimum Gasteiger partial charge on any atom is -0.353 e. The fourth-order valence-electron chi connectivity index (χ4n) is 0.741. The van der Waals surface area contributed by atoms with Crippen molar-refractivity contribution in [2.24, 2.45) is 5.92 Å². The number of carbonyl (C=O) groups is 1. The van der Waals surface area contributed by atoms with Gasteiger partial charge in [-0.05, 0) is 0 Å². The topological polar surface area (TPSA) is 46.1 Å². The molecule has 0 aromatic carbocycles. The van der Waals surface area contributed by atoms with Gasteiger partial charge in [0.1, 0.15) is 5.78 Å². The summed E-state index contributed by atoms with van der Waals surface area (Å²) in [4.78, 5) is 13.3. The lowest BCUT2D eigenvalue weighted by atomic mass is 10.1. The van der Waals surface area contributed by atoms with E-state index in [4.69, 9.17) is 0 Å². The Morgan fingerprint density at radius 3 is 2.60 bits per heavy atom. The van der Waals surface area contributed by atoms with E-state index in [1.165, 1.54) is 23.1 Å². The summed E-state index contributed by atoms with van der Waals surface area (Å²) in [6.45, 7) is 3.82. The number of hydrogen-bond acceptors (Lipinski definition) is 6. The van der Waals surface area contributed by atoms with E-state index in [1.54, 1.807) is 0 Å². The standard InChI is InChI=1S/C9H15N3OS2/c1-6(2)7(13)5-14-9-11-10-8(15-9)12(3)4/h6H,5H2,1-4H3. The molecule has 1 aromatic heterocycles. The molecule has 0 fully saturated rings. The number of nitrogens with zero attached hydrogens (tertiary/aromatic N) is 3. The number of rotatable bonds is 5. The zero-order chi connectivity index (χ0) is 11.4. The maximum absolute atomic E-state index is 11.4. The molecule has 0 saturated heterocycles. The summed E-state index contributed by atoms with van der Waals surface area (Å²) in [5, 5.41) is 8.88. The van der Waals surface area contributed by atoms with E-state index >= 15 is 0 Å². The van der Waals surface area contributed by atoms with Crippen LogP contribution in [0.3, 0.4) is 0 Å². The molecule has 0 bridgehead atoms. The van der Waals surface area contributed by atoms with Crippen LogP contribution in [0, 0.1) is 5.92 Å². The number of hydrogen-bond donors (Lipinski definition) is 0. The molecule has 15 heavy (non-hydrogen) atoms. The Hall–Kier alpha value is -0.620. The molecular formula is C9H15N3OS2. The first kappa shape index (κ1) is 12.4. The fourth-order valence-corrected chi connectivity index (χ4v) is 2.58. The molecule has 6 heteroatoms. The van der Waals surface area contributed by atoms with Crippen LogP contribution >= 0.6 is 23.1 Å². The zero-order valence-corrected chi connectivity index (χ0v) is 11.0. The first-order valence-electron chi connectivity index (χ1n) is 4.67. The Morgan fingerprint density at radius 1 is 1.47 bits per heavy atom. The van der Waals surface area contributed by atoms with Crippen molar-refractivity contribution in [1.29, 1.82) is 0 Å². The summed E-state index contributed by atoms with van der Waals surface area (Å²) >= 11 is 2.97. The van der Waals surface area contributed by atoms with E-state index in [2.05, 4.69) is 10.2 Å². The molecule has 1 rings (SSSR count). The number of thioether (sulfide) groups is 1. The summed E-state index contributed by atoms with van der Waals surface area (Å²) in [7, 11) is 3.85. The molecular weight excluding hydrogens is 230 g/mol. The van der Waals surface area contributed by atoms with Gasteiger partial charge >= 0.3 is 0 Å². The smallest absolute Gasteiger partial charge is 0.208 e. The van der Waals surface area contributed by atoms with Crippen molar-refractivity contribution < 1.29 is 4.79 Å². The Morgan fingerprint density at radius 2 is 2.13 bits per heavy atom. The molecule has 84 valence electrons. The molecule has 0 radical (unpaired) electrons. The molecule has 0 aliphatic rings. The van der Waals surface area contributed by atoms with Gasteiger partial charge in [0, 0.05) is 20.0 Å². The second-order valence-corrected chi connectivity index (χ2v) is 5.83. The third-order valence-electron chi connectivity index (χ3n) is 1.76. The van der Waals surface area contributed by atoms with Crippen molar-refractivity contribution in [2.45, 2.75) is 18.2 Å². The number of ketones is 1. The van der Waals surface area contributed by atoms with Crippen molar-refractivity contribution in [3.05, 3.63) is 0 Å². The maximum atomic E-state index is 11.4. The second kappa shape index (κ2) is 5.46. The van der Waals surface area contributed by atoms with Crippen LogP contribution in [0.5, 0.6) is 0 Å². The molecule has 1 heterocycles. The Balaban J connectivity index is 2.48. The summed E-state index contributed by atoms with van der Waals surface area (Å²) in [5.41, 5.74) is 0. The van der Waals surface area contributed by atoms with Gasteiger partial charge in [-0.15, -0.1) is 10.2 Å². The number of carbonyl (C=O) groups excluding carboxylic acids is 1. The van der Waals surface area contributed by atoms with Gasteiger partial charge in [-0.2, -0.15) is 0 Å². The molecule has 0 spiro atoms. The first-order valence-corrected chi connectivity index (χ1v) is 6.47. The number of anilines is 1. The lowest BCUT2D eigenvalue weighted by Crippen LogP contribution is -2.09. The van der Waals surface area contributed by atoms with Gasteiger partial charge in [-0.1, -0.05) is 36.9 Å². The van der Waals surface area contributed by atoms with Gasteiger partial charge in [0.2, 0.25) is 5.13 Å². The quantitative estimate of drug-likeness (QED) is 0.742. The Labute approximate surface area is 98.1 Å². The van der Waals surface area contributed by atoms with Gasteiger partial charge in [-0.3, -0.25) is 4.79 Å². The van der Waals surface area contributed by atoms with Gasteiger partial charge in [0.05, 0.1) is 5.75 Å². The van der Waals surface area contributed by atoms with E-state index in [9.17, 15) is 4.79 Å². The van der Waals surface area contributed by atoms with Gasteiger partial charge < -0.3 is 4.90 Å². The predicted octanol–water partition coefficient (Wildman–Crippen LogP) is 1.92. The van der Waals surface area contributed by atoms with E-state index in [1.807, 2.05) is 32.8 Å². The third kappa shape index (κ3) is 3.79. The average molecular weight is 245 g/mol. The van der Waals surface area contributed by atoms with Crippen molar-refractivity contribution in [3.8, 4) is 0 Å². The van der Waals surface area contributed by atoms with Crippen LogP contribution in [0.15, 0.2) is 4.34 Å². The highest BCUT2D eigenvalue weighted by molar-refractivity contribution is 8.01. The van der Waals surface area contributed by atoms with E-state index in [0.29, 0.717) is 5.75 Å². The monoisotopic (exact) mass is 245 g/mol. The lowest BCUT2D eigenvalue weighted by Gasteiger charge is -2.03. The van der Waals surface area contributed by atoms with Crippen LogP contribution in [-0.2, 0) is 4.79 Å². The second-order valence-electron chi connectivity index (χ2n) is 3.65. The van der Waals surface area contributed by atoms with Crippen LogP contribution in [0.2, 0.25) is 0 Å². The highest BCUT2D eigenvalue weighted by atomic mass is 32.2. The lowest BCUT2D eigenvalue weighted by molar-refractivity contribution is -0.119. The Bertz CT molecular complexity index is 336. The van der Waals surface area contributed by atoms with Crippen molar-refractivity contribution in [1.82, 2.24) is 10.2 Å². The van der Waals surface area contributed by atoms with Crippen LogP contribution in [-0.4, -0.2) is 35.8 Å². The van der Waals surface area contributed by atoms with Gasteiger partial charge in [-0.25, -0.2) is 0 Å². The van der Waals surface area contributed by atoms with E-state index in [-0.39, 0.29) is 11.7 Å². The number of aromatic nitrogens is 2. The molecule has 0 saturated carbocycles. The average Bonchev–Trinajstić information content (AvgIpc) is 2.62. The molecule has 1 aromatic rings. The molecule has 0 atom stereocenters. The highest BCUT2D eigenvalue weighted by Crippen LogP contribution is 2.27. The molecule has 0 aliphatic heterocycles. The van der Waals surface area contributed by atoms with Crippen LogP contribution < -0.4 is 4.90 Å². The fraction of sp³-hybridized carbons (Fsp3) is 0.667. The van der Waals surface area contributed by atoms with Crippen LogP contribution in [0.4, 0.5) is 5.13 Å². The zero-order valence-electron chi connectivity index (χ0n) is 9.35. The largest absolute Gasteiger partial charge is 0.353 e. The predicted molar refractivity (Wildman–Crippen MR) is 64.8 cm³/mol. The van der Waals surface area contributed by atoms with Crippen LogP contribution in [0.1, 0.15) is 13.8 Å². The summed E-state index contributed by atoms with van der Waals surface area (Å²) in [5.74, 6) is 0.833.